The van der Waals surface area contributed by atoms with Crippen molar-refractivity contribution in [3.05, 3.63) is 59.9 Å². The molecule has 0 saturated heterocycles. The topological polar surface area (TPSA) is 87.3 Å². The molecule has 0 fully saturated rings. The van der Waals surface area contributed by atoms with Crippen molar-refractivity contribution in [2.75, 3.05) is 14.2 Å². The van der Waals surface area contributed by atoms with Crippen molar-refractivity contribution in [2.24, 2.45) is 5.41 Å². The number of hydrogen-bond donors (Lipinski definition) is 3. The molecular formula is C23H24N2O4. The van der Waals surface area contributed by atoms with Crippen LogP contribution in [0.15, 0.2) is 48.8 Å². The molecule has 0 atom stereocenters. The van der Waals surface area contributed by atoms with Gasteiger partial charge in [0.1, 0.15) is 11.5 Å². The lowest BCUT2D eigenvalue weighted by Gasteiger charge is -2.24. The molecule has 0 unspecified atom stereocenters. The van der Waals surface area contributed by atoms with E-state index in [0.29, 0.717) is 12.8 Å². The number of carboxylic acids is 1. The van der Waals surface area contributed by atoms with E-state index in [-0.39, 0.29) is 0 Å². The zero-order chi connectivity index (χ0) is 20.6. The van der Waals surface area contributed by atoms with Gasteiger partial charge in [0.2, 0.25) is 0 Å². The summed E-state index contributed by atoms with van der Waals surface area (Å²) in [6, 6.07) is 11.6. The van der Waals surface area contributed by atoms with Crippen LogP contribution < -0.4 is 9.47 Å². The summed E-state index contributed by atoms with van der Waals surface area (Å²) in [5.41, 5.74) is 2.88. The molecule has 0 spiro atoms. The van der Waals surface area contributed by atoms with Crippen molar-refractivity contribution in [1.82, 2.24) is 9.97 Å². The second-order valence-electron chi connectivity index (χ2n) is 7.67. The second kappa shape index (κ2) is 7.20. The Balaban J connectivity index is 1.67. The molecule has 2 heterocycles. The zero-order valence-corrected chi connectivity index (χ0v) is 16.7. The van der Waals surface area contributed by atoms with Gasteiger partial charge in [-0.05, 0) is 55.2 Å². The normalized spacial score (nSPS) is 11.8. The number of aromatic nitrogens is 2. The number of aromatic amines is 2. The van der Waals surface area contributed by atoms with Gasteiger partial charge in [-0.3, -0.25) is 4.79 Å². The van der Waals surface area contributed by atoms with Gasteiger partial charge in [0, 0.05) is 46.3 Å². The first-order chi connectivity index (χ1) is 13.9. The predicted molar refractivity (Wildman–Crippen MR) is 113 cm³/mol. The van der Waals surface area contributed by atoms with E-state index < -0.39 is 11.4 Å². The fourth-order valence-electron chi connectivity index (χ4n) is 3.93. The molecule has 0 saturated carbocycles. The lowest BCUT2D eigenvalue weighted by Crippen LogP contribution is -2.32. The van der Waals surface area contributed by atoms with Crippen molar-refractivity contribution < 1.29 is 19.4 Å². The average Bonchev–Trinajstić information content (AvgIpc) is 3.30. The van der Waals surface area contributed by atoms with Crippen molar-refractivity contribution in [2.45, 2.75) is 19.8 Å². The summed E-state index contributed by atoms with van der Waals surface area (Å²) in [5, 5.41) is 12.1. The van der Waals surface area contributed by atoms with E-state index in [9.17, 15) is 9.90 Å². The Morgan fingerprint density at radius 3 is 1.72 bits per heavy atom. The summed E-state index contributed by atoms with van der Waals surface area (Å²) >= 11 is 0. The van der Waals surface area contributed by atoms with E-state index in [1.807, 2.05) is 48.8 Å². The fraction of sp³-hybridized carbons (Fsp3) is 0.261. The van der Waals surface area contributed by atoms with Crippen LogP contribution >= 0.6 is 0 Å². The van der Waals surface area contributed by atoms with Crippen molar-refractivity contribution in [3.8, 4) is 11.5 Å². The van der Waals surface area contributed by atoms with E-state index in [2.05, 4.69) is 9.97 Å². The van der Waals surface area contributed by atoms with Crippen LogP contribution in [0.3, 0.4) is 0 Å². The van der Waals surface area contributed by atoms with E-state index >= 15 is 0 Å². The number of methoxy groups -OCH3 is 2. The molecule has 3 N–H and O–H groups in total. The lowest BCUT2D eigenvalue weighted by atomic mass is 9.78. The van der Waals surface area contributed by atoms with Crippen LogP contribution in [0.5, 0.6) is 11.5 Å². The maximum Gasteiger partial charge on any atom is 0.310 e. The highest BCUT2D eigenvalue weighted by molar-refractivity contribution is 5.87. The molecule has 2 aromatic carbocycles. The van der Waals surface area contributed by atoms with Crippen LogP contribution in [0.2, 0.25) is 0 Å². The first kappa shape index (κ1) is 18.9. The maximum atomic E-state index is 12.3. The molecule has 29 heavy (non-hydrogen) atoms. The first-order valence-electron chi connectivity index (χ1n) is 9.45. The molecule has 4 rings (SSSR count). The summed E-state index contributed by atoms with van der Waals surface area (Å²) < 4.78 is 10.5. The molecule has 0 aliphatic heterocycles. The van der Waals surface area contributed by atoms with Crippen molar-refractivity contribution >= 4 is 27.8 Å². The summed E-state index contributed by atoms with van der Waals surface area (Å²) in [4.78, 5) is 18.8. The third-order valence-corrected chi connectivity index (χ3v) is 5.63. The Morgan fingerprint density at radius 1 is 0.897 bits per heavy atom. The minimum Gasteiger partial charge on any atom is -0.497 e. The number of fused-ring (bicyclic) bond motifs is 2. The van der Waals surface area contributed by atoms with Crippen molar-refractivity contribution in [1.29, 1.82) is 0 Å². The summed E-state index contributed by atoms with van der Waals surface area (Å²) in [6.45, 7) is 1.81. The third kappa shape index (κ3) is 3.42. The Bertz CT molecular complexity index is 1100. The van der Waals surface area contributed by atoms with E-state index in [1.165, 1.54) is 0 Å². The molecule has 6 heteroatoms. The third-order valence-electron chi connectivity index (χ3n) is 5.63. The van der Waals surface area contributed by atoms with Gasteiger partial charge in [-0.1, -0.05) is 0 Å². The maximum absolute atomic E-state index is 12.3. The quantitative estimate of drug-likeness (QED) is 0.431. The highest BCUT2D eigenvalue weighted by Gasteiger charge is 2.35. The van der Waals surface area contributed by atoms with Gasteiger partial charge in [0.25, 0.3) is 0 Å². The standard InChI is InChI=1S/C23H24N2O4/c1-23(22(26)27,10-14-12-24-20-8-16(28-2)4-6-18(14)20)11-15-13-25-21-9-17(29-3)5-7-19(15)21/h4-9,12-13,24-25H,10-11H2,1-3H3,(H,26,27). The lowest BCUT2D eigenvalue weighted by molar-refractivity contribution is -0.147. The van der Waals surface area contributed by atoms with Crippen LogP contribution in [0.4, 0.5) is 0 Å². The molecule has 0 aliphatic carbocycles. The largest absolute Gasteiger partial charge is 0.497 e. The smallest absolute Gasteiger partial charge is 0.310 e. The predicted octanol–water partition coefficient (Wildman–Crippen LogP) is 4.54. The van der Waals surface area contributed by atoms with E-state index in [1.54, 1.807) is 21.1 Å². The van der Waals surface area contributed by atoms with Gasteiger partial charge in [0.15, 0.2) is 0 Å². The minimum absolute atomic E-state index is 0.414. The average molecular weight is 392 g/mol. The van der Waals surface area contributed by atoms with E-state index in [4.69, 9.17) is 9.47 Å². The SMILES string of the molecule is COc1ccc2c(CC(C)(Cc3c[nH]c4cc(OC)ccc34)C(=O)O)c[nH]c2c1. The highest BCUT2D eigenvalue weighted by atomic mass is 16.5. The van der Waals surface area contributed by atoms with Gasteiger partial charge in [-0.2, -0.15) is 0 Å². The Morgan fingerprint density at radius 2 is 1.34 bits per heavy atom. The Kier molecular flexibility index (Phi) is 4.70. The van der Waals surface area contributed by atoms with Crippen molar-refractivity contribution in [3.63, 3.8) is 0 Å². The van der Waals surface area contributed by atoms with Gasteiger partial charge >= 0.3 is 5.97 Å². The molecule has 2 aromatic heterocycles. The van der Waals surface area contributed by atoms with Gasteiger partial charge < -0.3 is 24.5 Å². The molecule has 150 valence electrons. The molecule has 6 nitrogen and oxygen atoms in total. The van der Waals surface area contributed by atoms with Crippen LogP contribution in [-0.2, 0) is 17.6 Å². The Hall–Kier alpha value is -3.41. The second-order valence-corrected chi connectivity index (χ2v) is 7.67. The first-order valence-corrected chi connectivity index (χ1v) is 9.45. The van der Waals surface area contributed by atoms with Gasteiger partial charge in [-0.15, -0.1) is 0 Å². The molecule has 4 aromatic rings. The molecule has 0 aliphatic rings. The number of aliphatic carboxylic acids is 1. The number of carboxylic acid groups (broad SMARTS) is 1. The molecule has 0 bridgehead atoms. The number of ether oxygens (including phenoxy) is 2. The fourth-order valence-corrected chi connectivity index (χ4v) is 3.93. The number of hydrogen-bond acceptors (Lipinski definition) is 3. The molecular weight excluding hydrogens is 368 g/mol. The Labute approximate surface area is 168 Å². The zero-order valence-electron chi connectivity index (χ0n) is 16.7. The number of H-pyrrole nitrogens is 2. The number of carbonyl (C=O) groups is 1. The minimum atomic E-state index is -0.954. The molecule has 0 amide bonds. The monoisotopic (exact) mass is 392 g/mol. The number of rotatable bonds is 7. The summed E-state index contributed by atoms with van der Waals surface area (Å²) in [6.07, 6.45) is 4.62. The van der Waals surface area contributed by atoms with Crippen LogP contribution in [0.1, 0.15) is 18.1 Å². The number of benzene rings is 2. The van der Waals surface area contributed by atoms with Crippen LogP contribution in [0.25, 0.3) is 21.8 Å². The summed E-state index contributed by atoms with van der Waals surface area (Å²) in [7, 11) is 3.26. The number of nitrogens with one attached hydrogen (secondary N) is 2. The van der Waals surface area contributed by atoms with Crippen LogP contribution in [-0.4, -0.2) is 35.3 Å². The van der Waals surface area contributed by atoms with E-state index in [0.717, 1.165) is 44.4 Å². The van der Waals surface area contributed by atoms with Crippen LogP contribution in [0, 0.1) is 5.41 Å². The molecule has 0 radical (unpaired) electrons. The van der Waals surface area contributed by atoms with Gasteiger partial charge in [0.05, 0.1) is 19.6 Å². The van der Waals surface area contributed by atoms with Gasteiger partial charge in [-0.25, -0.2) is 0 Å². The highest BCUT2D eigenvalue weighted by Crippen LogP contribution is 2.34. The summed E-state index contributed by atoms with van der Waals surface area (Å²) in [5.74, 6) is 0.713.